The van der Waals surface area contributed by atoms with E-state index >= 15 is 0 Å². The Bertz CT molecular complexity index is 514. The first-order chi connectivity index (χ1) is 9.53. The van der Waals surface area contributed by atoms with Gasteiger partial charge in [0, 0.05) is 18.3 Å². The number of hydrogen-bond donors (Lipinski definition) is 1. The molecule has 1 aromatic carbocycles. The van der Waals surface area contributed by atoms with Crippen LogP contribution >= 0.6 is 0 Å². The molecule has 0 atom stereocenters. The smallest absolute Gasteiger partial charge is 0.119 e. The van der Waals surface area contributed by atoms with Gasteiger partial charge in [-0.1, -0.05) is 18.2 Å². The lowest BCUT2D eigenvalue weighted by Gasteiger charge is -2.19. The zero-order chi connectivity index (χ0) is 14.4. The number of nitrogens with zero attached hydrogens (tertiary/aromatic N) is 2. The van der Waals surface area contributed by atoms with Crippen LogP contribution in [0.2, 0.25) is 0 Å². The third-order valence-corrected chi connectivity index (χ3v) is 2.83. The van der Waals surface area contributed by atoms with Crippen LogP contribution in [0.3, 0.4) is 0 Å². The van der Waals surface area contributed by atoms with E-state index in [4.69, 9.17) is 4.74 Å². The molecule has 1 heterocycles. The third-order valence-electron chi connectivity index (χ3n) is 2.83. The monoisotopic (exact) mass is 273 g/mol. The number of aromatic nitrogens is 2. The van der Waals surface area contributed by atoms with Crippen LogP contribution in [0.1, 0.15) is 26.5 Å². The molecule has 0 saturated heterocycles. The molecule has 4 nitrogen and oxygen atoms in total. The fraction of sp³-hybridized carbons (Fsp3) is 0.438. The van der Waals surface area contributed by atoms with Crippen molar-refractivity contribution in [1.29, 1.82) is 0 Å². The Morgan fingerprint density at radius 1 is 1.15 bits per heavy atom. The molecule has 0 fully saturated rings. The molecule has 0 spiro atoms. The summed E-state index contributed by atoms with van der Waals surface area (Å²) in [6, 6.07) is 11.9. The maximum absolute atomic E-state index is 5.66. The molecule has 0 saturated carbocycles. The van der Waals surface area contributed by atoms with Crippen molar-refractivity contribution in [1.82, 2.24) is 15.1 Å². The fourth-order valence-electron chi connectivity index (χ4n) is 1.75. The Labute approximate surface area is 120 Å². The molecule has 1 aromatic heterocycles. The molecule has 108 valence electrons. The molecule has 1 N–H and O–H groups in total. The normalized spacial score (nSPS) is 11.6. The molecule has 2 rings (SSSR count). The SMILES string of the molecule is CC(C)(C)NCc1ccn(CCOc2ccccc2)n1. The van der Waals surface area contributed by atoms with Crippen LogP contribution in [-0.2, 0) is 13.1 Å². The van der Waals surface area contributed by atoms with Gasteiger partial charge in [0.25, 0.3) is 0 Å². The molecular formula is C16H23N3O. The van der Waals surface area contributed by atoms with Crippen molar-refractivity contribution >= 4 is 0 Å². The molecule has 0 amide bonds. The van der Waals surface area contributed by atoms with Crippen LogP contribution in [0, 0.1) is 0 Å². The summed E-state index contributed by atoms with van der Waals surface area (Å²) in [5, 5.41) is 7.95. The molecule has 0 radical (unpaired) electrons. The van der Waals surface area contributed by atoms with Gasteiger partial charge in [-0.3, -0.25) is 4.68 Å². The first kappa shape index (κ1) is 14.6. The second-order valence-corrected chi connectivity index (χ2v) is 5.84. The van der Waals surface area contributed by atoms with Crippen molar-refractivity contribution in [3.05, 3.63) is 48.3 Å². The van der Waals surface area contributed by atoms with Crippen molar-refractivity contribution in [2.75, 3.05) is 6.61 Å². The molecule has 0 bridgehead atoms. The van der Waals surface area contributed by atoms with Crippen LogP contribution in [-0.4, -0.2) is 21.9 Å². The van der Waals surface area contributed by atoms with Crippen LogP contribution in [0.5, 0.6) is 5.75 Å². The Morgan fingerprint density at radius 3 is 2.60 bits per heavy atom. The van der Waals surface area contributed by atoms with E-state index in [1.54, 1.807) is 0 Å². The van der Waals surface area contributed by atoms with Gasteiger partial charge in [0.2, 0.25) is 0 Å². The largest absolute Gasteiger partial charge is 0.492 e. The van der Waals surface area contributed by atoms with Crippen molar-refractivity contribution in [3.8, 4) is 5.75 Å². The predicted molar refractivity (Wildman–Crippen MR) is 80.8 cm³/mol. The number of ether oxygens (including phenoxy) is 1. The van der Waals surface area contributed by atoms with Crippen molar-refractivity contribution in [3.63, 3.8) is 0 Å². The number of rotatable bonds is 6. The van der Waals surface area contributed by atoms with Gasteiger partial charge in [-0.25, -0.2) is 0 Å². The molecule has 2 aromatic rings. The summed E-state index contributed by atoms with van der Waals surface area (Å²) >= 11 is 0. The minimum atomic E-state index is 0.111. The number of nitrogens with one attached hydrogen (secondary N) is 1. The summed E-state index contributed by atoms with van der Waals surface area (Å²) in [6.07, 6.45) is 1.99. The number of benzene rings is 1. The topological polar surface area (TPSA) is 39.1 Å². The van der Waals surface area contributed by atoms with E-state index in [1.807, 2.05) is 47.3 Å². The highest BCUT2D eigenvalue weighted by Crippen LogP contribution is 2.08. The van der Waals surface area contributed by atoms with Crippen LogP contribution in [0.4, 0.5) is 0 Å². The lowest BCUT2D eigenvalue weighted by molar-refractivity contribution is 0.290. The summed E-state index contributed by atoms with van der Waals surface area (Å²) in [5.74, 6) is 0.897. The number of para-hydroxylation sites is 1. The van der Waals surface area contributed by atoms with Crippen LogP contribution in [0.15, 0.2) is 42.6 Å². The molecule has 20 heavy (non-hydrogen) atoms. The van der Waals surface area contributed by atoms with Gasteiger partial charge in [0.15, 0.2) is 0 Å². The highest BCUT2D eigenvalue weighted by Gasteiger charge is 2.09. The van der Waals surface area contributed by atoms with E-state index in [-0.39, 0.29) is 5.54 Å². The molecule has 0 aliphatic heterocycles. The highest BCUT2D eigenvalue weighted by molar-refractivity contribution is 5.20. The third kappa shape index (κ3) is 5.05. The van der Waals surface area contributed by atoms with Crippen LogP contribution in [0.25, 0.3) is 0 Å². The van der Waals surface area contributed by atoms with E-state index < -0.39 is 0 Å². The maximum atomic E-state index is 5.66. The molecular weight excluding hydrogens is 250 g/mol. The minimum absolute atomic E-state index is 0.111. The van der Waals surface area contributed by atoms with Gasteiger partial charge >= 0.3 is 0 Å². The summed E-state index contributed by atoms with van der Waals surface area (Å²) in [7, 11) is 0. The molecule has 4 heteroatoms. The van der Waals surface area contributed by atoms with Gasteiger partial charge in [0.1, 0.15) is 12.4 Å². The second kappa shape index (κ2) is 6.57. The summed E-state index contributed by atoms with van der Waals surface area (Å²) in [5.41, 5.74) is 1.17. The van der Waals surface area contributed by atoms with Crippen molar-refractivity contribution in [2.24, 2.45) is 0 Å². The Balaban J connectivity index is 1.75. The maximum Gasteiger partial charge on any atom is 0.119 e. The Kier molecular flexibility index (Phi) is 4.79. The lowest BCUT2D eigenvalue weighted by atomic mass is 10.1. The van der Waals surface area contributed by atoms with Crippen LogP contribution < -0.4 is 10.1 Å². The summed E-state index contributed by atoms with van der Waals surface area (Å²) in [4.78, 5) is 0. The lowest BCUT2D eigenvalue weighted by Crippen LogP contribution is -2.35. The van der Waals surface area contributed by atoms with Gasteiger partial charge in [-0.05, 0) is 39.0 Å². The van der Waals surface area contributed by atoms with E-state index in [0.29, 0.717) is 6.61 Å². The van der Waals surface area contributed by atoms with E-state index in [9.17, 15) is 0 Å². The van der Waals surface area contributed by atoms with E-state index in [2.05, 4.69) is 31.2 Å². The molecule has 0 unspecified atom stereocenters. The number of hydrogen-bond acceptors (Lipinski definition) is 3. The minimum Gasteiger partial charge on any atom is -0.492 e. The standard InChI is InChI=1S/C16H23N3O/c1-16(2,3)17-13-14-9-10-19(18-14)11-12-20-15-7-5-4-6-8-15/h4-10,17H,11-13H2,1-3H3. The average Bonchev–Trinajstić information content (AvgIpc) is 2.85. The van der Waals surface area contributed by atoms with Gasteiger partial charge in [-0.15, -0.1) is 0 Å². The van der Waals surface area contributed by atoms with Gasteiger partial charge < -0.3 is 10.1 Å². The summed E-state index contributed by atoms with van der Waals surface area (Å²) in [6.45, 7) is 8.62. The zero-order valence-electron chi connectivity index (χ0n) is 12.5. The Hall–Kier alpha value is -1.81. The molecule has 0 aliphatic rings. The quantitative estimate of drug-likeness (QED) is 0.879. The zero-order valence-corrected chi connectivity index (χ0v) is 12.5. The Morgan fingerprint density at radius 2 is 1.90 bits per heavy atom. The average molecular weight is 273 g/mol. The first-order valence-electron chi connectivity index (χ1n) is 6.98. The van der Waals surface area contributed by atoms with E-state index in [1.165, 1.54) is 0 Å². The van der Waals surface area contributed by atoms with Crippen molar-refractivity contribution in [2.45, 2.75) is 39.4 Å². The van der Waals surface area contributed by atoms with Crippen molar-refractivity contribution < 1.29 is 4.74 Å². The highest BCUT2D eigenvalue weighted by atomic mass is 16.5. The van der Waals surface area contributed by atoms with Gasteiger partial charge in [0.05, 0.1) is 12.2 Å². The second-order valence-electron chi connectivity index (χ2n) is 5.84. The fourth-order valence-corrected chi connectivity index (χ4v) is 1.75. The summed E-state index contributed by atoms with van der Waals surface area (Å²) < 4.78 is 7.58. The molecule has 0 aliphatic carbocycles. The van der Waals surface area contributed by atoms with Gasteiger partial charge in [-0.2, -0.15) is 5.10 Å². The van der Waals surface area contributed by atoms with E-state index in [0.717, 1.165) is 24.5 Å². The predicted octanol–water partition coefficient (Wildman–Crippen LogP) is 2.85. The first-order valence-corrected chi connectivity index (χ1v) is 6.98.